The number of H-pyrrole nitrogens is 1. The van der Waals surface area contributed by atoms with Gasteiger partial charge in [0.1, 0.15) is 11.4 Å². The zero-order valence-electron chi connectivity index (χ0n) is 21.9. The molecule has 2 N–H and O–H groups in total. The highest BCUT2D eigenvalue weighted by atomic mass is 16.5. The SMILES string of the molecule is O=C(O)c1[nH]c2c(/C=C/c3ccccc3-c3ccncc3)cccc2c1CCCOc1cccc2ccccc12. The standard InChI is InChI=1S/C35H28N2O3/c38-35(39)34-31(15-7-23-40-32-16-6-10-24-8-2-4-13-29(24)32)30-14-5-11-27(33(30)37-34)18-17-25-9-1-3-12-28(25)26-19-21-36-22-20-26/h1-6,8-14,16-22,37H,7,15,23H2,(H,38,39)/b18-17+. The normalized spacial score (nSPS) is 11.4. The molecule has 0 amide bonds. The van der Waals surface area contributed by atoms with Crippen molar-refractivity contribution in [3.8, 4) is 16.9 Å². The Labute approximate surface area is 232 Å². The number of aromatic amines is 1. The van der Waals surface area contributed by atoms with E-state index in [1.54, 1.807) is 12.4 Å². The van der Waals surface area contributed by atoms with Gasteiger partial charge in [0, 0.05) is 23.2 Å². The molecular weight excluding hydrogens is 496 g/mol. The Morgan fingerprint density at radius 2 is 1.50 bits per heavy atom. The number of ether oxygens (including phenoxy) is 1. The number of hydrogen-bond donors (Lipinski definition) is 2. The fourth-order valence-electron chi connectivity index (χ4n) is 5.25. The smallest absolute Gasteiger partial charge is 0.352 e. The molecule has 0 aliphatic carbocycles. The summed E-state index contributed by atoms with van der Waals surface area (Å²) in [5.41, 5.74) is 6.06. The van der Waals surface area contributed by atoms with E-state index in [2.05, 4.69) is 46.4 Å². The number of carboxylic acid groups (broad SMARTS) is 1. The van der Waals surface area contributed by atoms with E-state index < -0.39 is 5.97 Å². The van der Waals surface area contributed by atoms with Crippen LogP contribution in [0.3, 0.4) is 0 Å². The van der Waals surface area contributed by atoms with Crippen molar-refractivity contribution in [1.82, 2.24) is 9.97 Å². The van der Waals surface area contributed by atoms with Crippen molar-refractivity contribution in [3.63, 3.8) is 0 Å². The van der Waals surface area contributed by atoms with Gasteiger partial charge in [-0.1, -0.05) is 91.0 Å². The lowest BCUT2D eigenvalue weighted by atomic mass is 9.99. The third-order valence-corrected chi connectivity index (χ3v) is 7.16. The lowest BCUT2D eigenvalue weighted by Gasteiger charge is -2.09. The van der Waals surface area contributed by atoms with Gasteiger partial charge >= 0.3 is 5.97 Å². The summed E-state index contributed by atoms with van der Waals surface area (Å²) in [6, 6.07) is 32.3. The molecule has 6 aromatic rings. The molecule has 0 atom stereocenters. The number of nitrogens with zero attached hydrogens (tertiary/aromatic N) is 1. The van der Waals surface area contributed by atoms with Crippen molar-refractivity contribution >= 4 is 39.8 Å². The summed E-state index contributed by atoms with van der Waals surface area (Å²) >= 11 is 0. The highest BCUT2D eigenvalue weighted by Gasteiger charge is 2.18. The van der Waals surface area contributed by atoms with Crippen LogP contribution in [0, 0.1) is 0 Å². The molecule has 0 fully saturated rings. The number of rotatable bonds is 9. The van der Waals surface area contributed by atoms with Crippen molar-refractivity contribution < 1.29 is 14.6 Å². The van der Waals surface area contributed by atoms with E-state index in [0.29, 0.717) is 19.4 Å². The van der Waals surface area contributed by atoms with Crippen LogP contribution in [0.15, 0.2) is 109 Å². The summed E-state index contributed by atoms with van der Waals surface area (Å²) in [5.74, 6) is -0.117. The predicted molar refractivity (Wildman–Crippen MR) is 162 cm³/mol. The molecule has 0 aliphatic heterocycles. The Bertz CT molecular complexity index is 1830. The van der Waals surface area contributed by atoms with Gasteiger partial charge in [-0.25, -0.2) is 4.79 Å². The molecule has 0 radical (unpaired) electrons. The predicted octanol–water partition coefficient (Wildman–Crippen LogP) is 8.26. The fraction of sp³-hybridized carbons (Fsp3) is 0.0857. The number of aromatic carboxylic acids is 1. The lowest BCUT2D eigenvalue weighted by molar-refractivity contribution is 0.0690. The highest BCUT2D eigenvalue weighted by Crippen LogP contribution is 2.30. The molecule has 0 unspecified atom stereocenters. The lowest BCUT2D eigenvalue weighted by Crippen LogP contribution is -2.04. The van der Waals surface area contributed by atoms with E-state index in [1.165, 1.54) is 0 Å². The largest absolute Gasteiger partial charge is 0.493 e. The molecule has 4 aromatic carbocycles. The second-order valence-corrected chi connectivity index (χ2v) is 9.64. The molecule has 2 aromatic heterocycles. The van der Waals surface area contributed by atoms with Crippen molar-refractivity contribution in [2.45, 2.75) is 12.8 Å². The summed E-state index contributed by atoms with van der Waals surface area (Å²) in [4.78, 5) is 19.5. The van der Waals surface area contributed by atoms with Crippen molar-refractivity contribution in [2.24, 2.45) is 0 Å². The maximum atomic E-state index is 12.2. The number of nitrogens with one attached hydrogen (secondary N) is 1. The molecule has 0 aliphatic rings. The highest BCUT2D eigenvalue weighted by molar-refractivity contribution is 6.01. The minimum atomic E-state index is -0.959. The molecule has 196 valence electrons. The van der Waals surface area contributed by atoms with E-state index >= 15 is 0 Å². The number of pyridine rings is 1. The Morgan fingerprint density at radius 1 is 0.800 bits per heavy atom. The zero-order valence-corrected chi connectivity index (χ0v) is 21.9. The summed E-state index contributed by atoms with van der Waals surface area (Å²) in [6.45, 7) is 0.491. The fourth-order valence-corrected chi connectivity index (χ4v) is 5.25. The number of hydrogen-bond acceptors (Lipinski definition) is 3. The van der Waals surface area contributed by atoms with Crippen LogP contribution in [-0.4, -0.2) is 27.7 Å². The maximum absolute atomic E-state index is 12.2. The van der Waals surface area contributed by atoms with Crippen LogP contribution in [0.4, 0.5) is 0 Å². The third kappa shape index (κ3) is 5.09. The third-order valence-electron chi connectivity index (χ3n) is 7.16. The first kappa shape index (κ1) is 25.1. The monoisotopic (exact) mass is 524 g/mol. The number of benzene rings is 4. The van der Waals surface area contributed by atoms with E-state index in [1.807, 2.05) is 72.8 Å². The molecular formula is C35H28N2O3. The van der Waals surface area contributed by atoms with Gasteiger partial charge in [-0.05, 0) is 64.2 Å². The van der Waals surface area contributed by atoms with Crippen LogP contribution >= 0.6 is 0 Å². The Morgan fingerprint density at radius 3 is 2.38 bits per heavy atom. The van der Waals surface area contributed by atoms with Gasteiger partial charge in [0.25, 0.3) is 0 Å². The van der Waals surface area contributed by atoms with Crippen LogP contribution in [-0.2, 0) is 6.42 Å². The summed E-state index contributed by atoms with van der Waals surface area (Å²) in [7, 11) is 0. The summed E-state index contributed by atoms with van der Waals surface area (Å²) < 4.78 is 6.12. The Balaban J connectivity index is 1.25. The zero-order chi connectivity index (χ0) is 27.3. The Kier molecular flexibility index (Phi) is 7.10. The molecule has 5 heteroatoms. The van der Waals surface area contributed by atoms with Crippen LogP contribution in [0.2, 0.25) is 0 Å². The molecule has 6 rings (SSSR count). The van der Waals surface area contributed by atoms with E-state index in [-0.39, 0.29) is 5.69 Å². The molecule has 5 nitrogen and oxygen atoms in total. The molecule has 0 bridgehead atoms. The molecule has 0 saturated carbocycles. The number of carboxylic acids is 1. The minimum absolute atomic E-state index is 0.234. The van der Waals surface area contributed by atoms with Gasteiger partial charge in [0.05, 0.1) is 12.1 Å². The number of para-hydroxylation sites is 1. The molecule has 0 spiro atoms. The van der Waals surface area contributed by atoms with Crippen LogP contribution in [0.5, 0.6) is 5.75 Å². The van der Waals surface area contributed by atoms with Crippen LogP contribution in [0.25, 0.3) is 45.0 Å². The van der Waals surface area contributed by atoms with Gasteiger partial charge in [-0.2, -0.15) is 0 Å². The van der Waals surface area contributed by atoms with Crippen LogP contribution < -0.4 is 4.74 Å². The van der Waals surface area contributed by atoms with Gasteiger partial charge in [-0.15, -0.1) is 0 Å². The topological polar surface area (TPSA) is 75.2 Å². The number of aryl methyl sites for hydroxylation is 1. The minimum Gasteiger partial charge on any atom is -0.493 e. The van der Waals surface area contributed by atoms with Gasteiger partial charge < -0.3 is 14.8 Å². The van der Waals surface area contributed by atoms with E-state index in [0.717, 1.165) is 55.2 Å². The average molecular weight is 525 g/mol. The quantitative estimate of drug-likeness (QED) is 0.147. The first-order chi connectivity index (χ1) is 19.7. The van der Waals surface area contributed by atoms with Gasteiger partial charge in [-0.3, -0.25) is 4.98 Å². The van der Waals surface area contributed by atoms with E-state index in [9.17, 15) is 9.90 Å². The summed E-state index contributed by atoms with van der Waals surface area (Å²) in [5, 5.41) is 13.1. The first-order valence-electron chi connectivity index (χ1n) is 13.3. The number of aromatic nitrogens is 2. The average Bonchev–Trinajstić information content (AvgIpc) is 3.38. The molecule has 40 heavy (non-hydrogen) atoms. The molecule has 2 heterocycles. The number of fused-ring (bicyclic) bond motifs is 2. The first-order valence-corrected chi connectivity index (χ1v) is 13.3. The second-order valence-electron chi connectivity index (χ2n) is 9.64. The maximum Gasteiger partial charge on any atom is 0.352 e. The van der Waals surface area contributed by atoms with Crippen molar-refractivity contribution in [3.05, 3.63) is 132 Å². The molecule has 0 saturated heterocycles. The van der Waals surface area contributed by atoms with Crippen molar-refractivity contribution in [1.29, 1.82) is 0 Å². The van der Waals surface area contributed by atoms with E-state index in [4.69, 9.17) is 4.74 Å². The van der Waals surface area contributed by atoms with Gasteiger partial charge in [0.2, 0.25) is 0 Å². The Hall–Kier alpha value is -5.16. The van der Waals surface area contributed by atoms with Crippen molar-refractivity contribution in [2.75, 3.05) is 6.61 Å². The van der Waals surface area contributed by atoms with Crippen LogP contribution in [0.1, 0.15) is 33.6 Å². The van der Waals surface area contributed by atoms with Gasteiger partial charge in [0.15, 0.2) is 0 Å². The second kappa shape index (κ2) is 11.3. The summed E-state index contributed by atoms with van der Waals surface area (Å²) in [6.07, 6.45) is 8.97. The number of carbonyl (C=O) groups is 1.